The van der Waals surface area contributed by atoms with Gasteiger partial charge in [0.15, 0.2) is 0 Å². The van der Waals surface area contributed by atoms with Crippen molar-refractivity contribution >= 4 is 56.3 Å². The highest BCUT2D eigenvalue weighted by Crippen LogP contribution is 2.33. The molecular formula is C14H7F3O4S3. The zero-order chi connectivity index (χ0) is 17.5. The Balaban J connectivity index is 2.02. The summed E-state index contributed by atoms with van der Waals surface area (Å²) in [7, 11) is -5.68. The molecule has 10 heteroatoms. The Kier molecular flexibility index (Phi) is 4.32. The maximum Gasteiger partial charge on any atom is 0.524 e. The summed E-state index contributed by atoms with van der Waals surface area (Å²) in [6.07, 6.45) is 0. The van der Waals surface area contributed by atoms with Crippen LogP contribution in [-0.4, -0.2) is 13.9 Å². The van der Waals surface area contributed by atoms with E-state index in [-0.39, 0.29) is 16.9 Å². The second kappa shape index (κ2) is 6.03. The van der Waals surface area contributed by atoms with Crippen molar-refractivity contribution in [2.45, 2.75) is 10.4 Å². The summed E-state index contributed by atoms with van der Waals surface area (Å²) in [5.41, 5.74) is -4.47. The van der Waals surface area contributed by atoms with E-state index in [4.69, 9.17) is 16.6 Å². The highest BCUT2D eigenvalue weighted by Gasteiger charge is 2.48. The zero-order valence-corrected chi connectivity index (χ0v) is 14.0. The summed E-state index contributed by atoms with van der Waals surface area (Å²) >= 11 is 5.45. The maximum atomic E-state index is 12.3. The summed E-state index contributed by atoms with van der Waals surface area (Å²) in [6, 6.07) is 11.3. The van der Waals surface area contributed by atoms with Crippen LogP contribution < -0.4 is 0 Å². The maximum absolute atomic E-state index is 12.3. The summed E-state index contributed by atoms with van der Waals surface area (Å²) in [6.45, 7) is 0. The van der Waals surface area contributed by atoms with Gasteiger partial charge in [-0.3, -0.25) is 0 Å². The monoisotopic (exact) mass is 392 g/mol. The van der Waals surface area contributed by atoms with E-state index in [9.17, 15) is 21.6 Å². The summed E-state index contributed by atoms with van der Waals surface area (Å²) in [4.78, 5) is 0.145. The minimum absolute atomic E-state index is 0.0872. The second-order valence-electron chi connectivity index (χ2n) is 4.64. The van der Waals surface area contributed by atoms with Gasteiger partial charge in [-0.05, 0) is 30.3 Å². The molecule has 0 saturated carbocycles. The molecule has 0 atom stereocenters. The first kappa shape index (κ1) is 17.2. The van der Waals surface area contributed by atoms with Gasteiger partial charge in [0, 0.05) is 27.7 Å². The fourth-order valence-electron chi connectivity index (χ4n) is 1.96. The number of hydrogen-bond acceptors (Lipinski definition) is 6. The van der Waals surface area contributed by atoms with Crippen LogP contribution in [0.3, 0.4) is 0 Å². The van der Waals surface area contributed by atoms with Gasteiger partial charge < -0.3 is 4.42 Å². The van der Waals surface area contributed by atoms with E-state index < -0.39 is 15.6 Å². The molecule has 4 nitrogen and oxygen atoms in total. The van der Waals surface area contributed by atoms with Gasteiger partial charge in [0.2, 0.25) is 0 Å². The largest absolute Gasteiger partial charge is 0.524 e. The average Bonchev–Trinajstić information content (AvgIpc) is 2.52. The molecule has 0 saturated heterocycles. The van der Waals surface area contributed by atoms with Crippen LogP contribution in [0.5, 0.6) is 0 Å². The highest BCUT2D eigenvalue weighted by molar-refractivity contribution is 8.04. The molecule has 3 rings (SSSR count). The second-order valence-corrected chi connectivity index (χ2v) is 7.60. The summed E-state index contributed by atoms with van der Waals surface area (Å²) in [5, 5.41) is 1.15. The predicted octanol–water partition coefficient (Wildman–Crippen LogP) is 5.19. The van der Waals surface area contributed by atoms with Crippen LogP contribution in [0, 0.1) is 4.51 Å². The Labute approximate surface area is 143 Å². The van der Waals surface area contributed by atoms with E-state index in [1.807, 2.05) is 0 Å². The van der Waals surface area contributed by atoms with Crippen molar-refractivity contribution in [1.82, 2.24) is 0 Å². The molecule has 0 amide bonds. The van der Waals surface area contributed by atoms with Crippen molar-refractivity contribution in [2.24, 2.45) is 0 Å². The van der Waals surface area contributed by atoms with Gasteiger partial charge in [-0.2, -0.15) is 25.2 Å². The SMILES string of the molecule is O=S(=O)(OSc1ccc2oc3ccccc3c(=S)c2c1)C(F)(F)F. The van der Waals surface area contributed by atoms with Crippen molar-refractivity contribution in [3.8, 4) is 0 Å². The minimum Gasteiger partial charge on any atom is -0.456 e. The van der Waals surface area contributed by atoms with Crippen molar-refractivity contribution in [1.29, 1.82) is 0 Å². The third kappa shape index (κ3) is 3.14. The van der Waals surface area contributed by atoms with Gasteiger partial charge in [0.25, 0.3) is 0 Å². The number of para-hydroxylation sites is 1. The van der Waals surface area contributed by atoms with Gasteiger partial charge in [0.05, 0.1) is 4.51 Å². The van der Waals surface area contributed by atoms with E-state index in [0.29, 0.717) is 26.4 Å². The lowest BCUT2D eigenvalue weighted by atomic mass is 10.1. The van der Waals surface area contributed by atoms with Gasteiger partial charge in [-0.25, -0.2) is 0 Å². The van der Waals surface area contributed by atoms with Crippen LogP contribution >= 0.6 is 24.3 Å². The predicted molar refractivity (Wildman–Crippen MR) is 86.5 cm³/mol. The molecule has 2 aromatic carbocycles. The quantitative estimate of drug-likeness (QED) is 0.265. The first-order chi connectivity index (χ1) is 11.2. The molecule has 0 spiro atoms. The molecule has 0 fully saturated rings. The first-order valence-corrected chi connectivity index (χ1v) is 8.88. The van der Waals surface area contributed by atoms with Crippen LogP contribution in [0.25, 0.3) is 21.9 Å². The van der Waals surface area contributed by atoms with Crippen LogP contribution in [0.15, 0.2) is 51.8 Å². The molecule has 126 valence electrons. The minimum atomic E-state index is -5.68. The van der Waals surface area contributed by atoms with E-state index in [1.165, 1.54) is 18.2 Å². The Morgan fingerprint density at radius 2 is 1.71 bits per heavy atom. The van der Waals surface area contributed by atoms with E-state index >= 15 is 0 Å². The van der Waals surface area contributed by atoms with Gasteiger partial charge >= 0.3 is 15.6 Å². The standard InChI is InChI=1S/C14H7F3O4S3/c15-14(16,17)24(18,19)21-23-8-5-6-12-10(7-8)13(22)9-3-1-2-4-11(9)20-12/h1-7H. The van der Waals surface area contributed by atoms with Crippen molar-refractivity contribution in [2.75, 3.05) is 0 Å². The summed E-state index contributed by atoms with van der Waals surface area (Å²) in [5.74, 6) is 0. The molecule has 0 aliphatic carbocycles. The third-order valence-electron chi connectivity index (χ3n) is 3.05. The lowest BCUT2D eigenvalue weighted by Gasteiger charge is -2.08. The number of fused-ring (bicyclic) bond motifs is 2. The van der Waals surface area contributed by atoms with Crippen molar-refractivity contribution < 1.29 is 29.6 Å². The number of alkyl halides is 3. The average molecular weight is 392 g/mol. The molecular weight excluding hydrogens is 385 g/mol. The molecule has 24 heavy (non-hydrogen) atoms. The molecule has 3 aromatic rings. The smallest absolute Gasteiger partial charge is 0.456 e. The van der Waals surface area contributed by atoms with Crippen molar-refractivity contribution in [3.63, 3.8) is 0 Å². The molecule has 1 heterocycles. The van der Waals surface area contributed by atoms with Gasteiger partial charge in [-0.15, -0.1) is 0 Å². The normalized spacial score (nSPS) is 12.8. The topological polar surface area (TPSA) is 56.5 Å². The van der Waals surface area contributed by atoms with E-state index in [2.05, 4.69) is 3.63 Å². The molecule has 0 N–H and O–H groups in total. The third-order valence-corrected chi connectivity index (χ3v) is 5.49. The van der Waals surface area contributed by atoms with Crippen LogP contribution in [0.2, 0.25) is 0 Å². The highest BCUT2D eigenvalue weighted by atomic mass is 32.3. The lowest BCUT2D eigenvalue weighted by molar-refractivity contribution is -0.0494. The summed E-state index contributed by atoms with van der Waals surface area (Å²) < 4.78 is 68.7. The zero-order valence-electron chi connectivity index (χ0n) is 11.5. The Bertz CT molecular complexity index is 1090. The Morgan fingerprint density at radius 3 is 2.42 bits per heavy atom. The molecule has 0 aliphatic heterocycles. The van der Waals surface area contributed by atoms with Crippen molar-refractivity contribution in [3.05, 3.63) is 47.0 Å². The Morgan fingerprint density at radius 1 is 1.04 bits per heavy atom. The molecule has 0 unspecified atom stereocenters. The molecule has 0 radical (unpaired) electrons. The fraction of sp³-hybridized carbons (Fsp3) is 0.0714. The van der Waals surface area contributed by atoms with E-state index in [1.54, 1.807) is 24.3 Å². The van der Waals surface area contributed by atoms with Crippen LogP contribution in [0.4, 0.5) is 13.2 Å². The fourth-order valence-corrected chi connectivity index (χ4v) is 3.56. The molecule has 1 aromatic heterocycles. The first-order valence-electron chi connectivity index (χ1n) is 6.32. The number of benzene rings is 2. The number of hydrogen-bond donors (Lipinski definition) is 0. The lowest BCUT2D eigenvalue weighted by Crippen LogP contribution is -2.23. The Hall–Kier alpha value is -1.62. The molecule has 0 aliphatic rings. The van der Waals surface area contributed by atoms with Gasteiger partial charge in [-0.1, -0.05) is 24.4 Å². The van der Waals surface area contributed by atoms with Crippen LogP contribution in [0.1, 0.15) is 0 Å². The molecule has 0 bridgehead atoms. The van der Waals surface area contributed by atoms with Gasteiger partial charge in [0.1, 0.15) is 11.2 Å². The van der Waals surface area contributed by atoms with E-state index in [0.717, 1.165) is 0 Å². The van der Waals surface area contributed by atoms with Crippen LogP contribution in [-0.2, 0) is 13.7 Å². The number of rotatable bonds is 3. The number of halogens is 3.